The van der Waals surface area contributed by atoms with Crippen molar-refractivity contribution in [3.63, 3.8) is 0 Å². The molecule has 1 saturated heterocycles. The fraction of sp³-hybridized carbons (Fsp3) is 0.278. The Balaban J connectivity index is 1.55. The van der Waals surface area contributed by atoms with E-state index < -0.39 is 6.09 Å². The average Bonchev–Trinajstić information content (AvgIpc) is 3.05. The fourth-order valence-corrected chi connectivity index (χ4v) is 2.75. The summed E-state index contributed by atoms with van der Waals surface area (Å²) in [6.07, 6.45) is -0.0383. The highest BCUT2D eigenvalue weighted by Crippen LogP contribution is 2.27. The Kier molecular flexibility index (Phi) is 5.11. The van der Waals surface area contributed by atoms with Gasteiger partial charge in [0.2, 0.25) is 0 Å². The summed E-state index contributed by atoms with van der Waals surface area (Å²) in [7, 11) is 0. The number of hydrogen-bond acceptors (Lipinski definition) is 3. The van der Waals surface area contributed by atoms with Crippen molar-refractivity contribution in [2.45, 2.75) is 6.42 Å². The molecular formula is C18H18ClNO4. The van der Waals surface area contributed by atoms with E-state index >= 15 is 0 Å². The molecule has 126 valence electrons. The second-order valence-electron chi connectivity index (χ2n) is 5.73. The lowest BCUT2D eigenvalue weighted by atomic mass is 10.1. The standard InChI is InChI=1S/C18H18ClNO4/c19-14-4-6-15(7-5-14)24-17-3-1-2-16(10-17)23-12-13-8-9-20(11-13)18(21)22/h1-7,10,13H,8-9,11-12H2,(H,21,22)/t13-/m1/s1. The molecule has 0 unspecified atom stereocenters. The van der Waals surface area contributed by atoms with Gasteiger partial charge in [-0.25, -0.2) is 4.79 Å². The number of hydrogen-bond donors (Lipinski definition) is 1. The van der Waals surface area contributed by atoms with Crippen molar-refractivity contribution >= 4 is 17.7 Å². The van der Waals surface area contributed by atoms with E-state index in [2.05, 4.69) is 0 Å². The highest BCUT2D eigenvalue weighted by atomic mass is 35.5. The van der Waals surface area contributed by atoms with E-state index in [-0.39, 0.29) is 5.92 Å². The highest BCUT2D eigenvalue weighted by Gasteiger charge is 2.26. The van der Waals surface area contributed by atoms with E-state index in [4.69, 9.17) is 26.2 Å². The number of carbonyl (C=O) groups is 1. The summed E-state index contributed by atoms with van der Waals surface area (Å²) in [6.45, 7) is 1.59. The predicted molar refractivity (Wildman–Crippen MR) is 91.2 cm³/mol. The molecule has 0 aromatic heterocycles. The predicted octanol–water partition coefficient (Wildman–Crippen LogP) is 4.51. The third-order valence-electron chi connectivity index (χ3n) is 3.90. The van der Waals surface area contributed by atoms with Gasteiger partial charge in [0.1, 0.15) is 17.2 Å². The number of amides is 1. The molecule has 0 spiro atoms. The summed E-state index contributed by atoms with van der Waals surface area (Å²) in [5, 5.41) is 9.63. The molecule has 1 aliphatic heterocycles. The van der Waals surface area contributed by atoms with Gasteiger partial charge in [0.25, 0.3) is 0 Å². The summed E-state index contributed by atoms with van der Waals surface area (Å²) in [5.74, 6) is 2.30. The molecule has 1 fully saturated rings. The second kappa shape index (κ2) is 7.45. The topological polar surface area (TPSA) is 59.0 Å². The van der Waals surface area contributed by atoms with Gasteiger partial charge < -0.3 is 19.5 Å². The Morgan fingerprint density at radius 3 is 2.62 bits per heavy atom. The quantitative estimate of drug-likeness (QED) is 0.864. The van der Waals surface area contributed by atoms with E-state index in [1.807, 2.05) is 24.3 Å². The first-order valence-corrected chi connectivity index (χ1v) is 8.12. The first-order valence-electron chi connectivity index (χ1n) is 7.74. The Morgan fingerprint density at radius 1 is 1.17 bits per heavy atom. The van der Waals surface area contributed by atoms with Crippen LogP contribution >= 0.6 is 11.6 Å². The molecule has 1 aliphatic rings. The van der Waals surface area contributed by atoms with Crippen LogP contribution < -0.4 is 9.47 Å². The molecule has 0 saturated carbocycles. The molecule has 5 nitrogen and oxygen atoms in total. The van der Waals surface area contributed by atoms with Crippen molar-refractivity contribution in [1.82, 2.24) is 4.90 Å². The zero-order valence-corrected chi connectivity index (χ0v) is 13.8. The minimum absolute atomic E-state index is 0.224. The Morgan fingerprint density at radius 2 is 1.92 bits per heavy atom. The van der Waals surface area contributed by atoms with Gasteiger partial charge in [-0.3, -0.25) is 0 Å². The van der Waals surface area contributed by atoms with Crippen molar-refractivity contribution in [1.29, 1.82) is 0 Å². The summed E-state index contributed by atoms with van der Waals surface area (Å²) < 4.78 is 11.6. The summed E-state index contributed by atoms with van der Waals surface area (Å²) in [6, 6.07) is 14.5. The molecule has 3 rings (SSSR count). The van der Waals surface area contributed by atoms with Gasteiger partial charge in [0.05, 0.1) is 6.61 Å². The van der Waals surface area contributed by atoms with Gasteiger partial charge in [-0.05, 0) is 42.8 Å². The molecule has 1 heterocycles. The molecule has 6 heteroatoms. The van der Waals surface area contributed by atoms with Crippen LogP contribution in [0.1, 0.15) is 6.42 Å². The van der Waals surface area contributed by atoms with Crippen LogP contribution in [0.3, 0.4) is 0 Å². The Bertz CT molecular complexity index is 704. The molecular weight excluding hydrogens is 330 g/mol. The maximum atomic E-state index is 10.9. The van der Waals surface area contributed by atoms with Crippen molar-refractivity contribution in [3.8, 4) is 17.2 Å². The van der Waals surface area contributed by atoms with Crippen molar-refractivity contribution < 1.29 is 19.4 Å². The third kappa shape index (κ3) is 4.32. The van der Waals surface area contributed by atoms with Crippen LogP contribution in [0, 0.1) is 5.92 Å². The van der Waals surface area contributed by atoms with Crippen LogP contribution in [-0.2, 0) is 0 Å². The molecule has 0 radical (unpaired) electrons. The summed E-state index contributed by atoms with van der Waals surface area (Å²) in [4.78, 5) is 12.3. The molecule has 2 aromatic carbocycles. The SMILES string of the molecule is O=C(O)N1CC[C@@H](COc2cccc(Oc3ccc(Cl)cc3)c2)C1. The smallest absolute Gasteiger partial charge is 0.407 e. The minimum atomic E-state index is -0.865. The Hall–Kier alpha value is -2.40. The first-order chi connectivity index (χ1) is 11.6. The van der Waals surface area contributed by atoms with E-state index in [1.165, 1.54) is 4.90 Å². The number of nitrogens with zero attached hydrogens (tertiary/aromatic N) is 1. The Labute approximate surface area is 145 Å². The van der Waals surface area contributed by atoms with Crippen molar-refractivity contribution in [3.05, 3.63) is 53.6 Å². The third-order valence-corrected chi connectivity index (χ3v) is 4.15. The van der Waals surface area contributed by atoms with Crippen LogP contribution in [0.25, 0.3) is 0 Å². The molecule has 2 aromatic rings. The number of halogens is 1. The monoisotopic (exact) mass is 347 g/mol. The number of carboxylic acid groups (broad SMARTS) is 1. The highest BCUT2D eigenvalue weighted by molar-refractivity contribution is 6.30. The normalized spacial score (nSPS) is 16.9. The maximum absolute atomic E-state index is 10.9. The molecule has 24 heavy (non-hydrogen) atoms. The van der Waals surface area contributed by atoms with E-state index in [0.717, 1.165) is 6.42 Å². The van der Waals surface area contributed by atoms with Crippen LogP contribution in [0.2, 0.25) is 5.02 Å². The van der Waals surface area contributed by atoms with Crippen LogP contribution in [0.4, 0.5) is 4.79 Å². The average molecular weight is 348 g/mol. The van der Waals surface area contributed by atoms with Crippen LogP contribution in [-0.4, -0.2) is 35.8 Å². The molecule has 0 aliphatic carbocycles. The maximum Gasteiger partial charge on any atom is 0.407 e. The number of rotatable bonds is 5. The number of benzene rings is 2. The van der Waals surface area contributed by atoms with Gasteiger partial charge in [-0.1, -0.05) is 17.7 Å². The first kappa shape index (κ1) is 16.5. The minimum Gasteiger partial charge on any atom is -0.493 e. The van der Waals surface area contributed by atoms with Gasteiger partial charge in [0.15, 0.2) is 0 Å². The second-order valence-corrected chi connectivity index (χ2v) is 6.16. The molecule has 1 N–H and O–H groups in total. The lowest BCUT2D eigenvalue weighted by Crippen LogP contribution is -2.27. The van der Waals surface area contributed by atoms with Gasteiger partial charge in [0, 0.05) is 30.1 Å². The fourth-order valence-electron chi connectivity index (χ4n) is 2.62. The van der Waals surface area contributed by atoms with Gasteiger partial charge in [-0.15, -0.1) is 0 Å². The van der Waals surface area contributed by atoms with Gasteiger partial charge in [-0.2, -0.15) is 0 Å². The summed E-state index contributed by atoms with van der Waals surface area (Å²) in [5.41, 5.74) is 0. The zero-order valence-electron chi connectivity index (χ0n) is 13.0. The van der Waals surface area contributed by atoms with Crippen molar-refractivity contribution in [2.24, 2.45) is 5.92 Å². The van der Waals surface area contributed by atoms with E-state index in [1.54, 1.807) is 24.3 Å². The molecule has 1 amide bonds. The zero-order chi connectivity index (χ0) is 16.9. The number of likely N-dealkylation sites (tertiary alicyclic amines) is 1. The lowest BCUT2D eigenvalue weighted by molar-refractivity contribution is 0.151. The molecule has 1 atom stereocenters. The van der Waals surface area contributed by atoms with Crippen LogP contribution in [0.5, 0.6) is 17.2 Å². The van der Waals surface area contributed by atoms with Gasteiger partial charge >= 0.3 is 6.09 Å². The number of ether oxygens (including phenoxy) is 2. The van der Waals surface area contributed by atoms with E-state index in [9.17, 15) is 4.79 Å². The molecule has 0 bridgehead atoms. The summed E-state index contributed by atoms with van der Waals surface area (Å²) >= 11 is 5.86. The van der Waals surface area contributed by atoms with Crippen LogP contribution in [0.15, 0.2) is 48.5 Å². The van der Waals surface area contributed by atoms with Crippen molar-refractivity contribution in [2.75, 3.05) is 19.7 Å². The largest absolute Gasteiger partial charge is 0.493 e. The lowest BCUT2D eigenvalue weighted by Gasteiger charge is -2.14. The van der Waals surface area contributed by atoms with E-state index in [0.29, 0.717) is 42.0 Å².